The molecule has 0 aliphatic heterocycles. The van der Waals surface area contributed by atoms with Gasteiger partial charge in [0.1, 0.15) is 0 Å². The maximum Gasteiger partial charge on any atom is 0.0327 e. The highest BCUT2D eigenvalue weighted by Crippen LogP contribution is 2.13. The first-order valence-corrected chi connectivity index (χ1v) is 3.99. The second kappa shape index (κ2) is 4.22. The van der Waals surface area contributed by atoms with E-state index in [2.05, 4.69) is 44.8 Å². The van der Waals surface area contributed by atoms with E-state index in [1.165, 1.54) is 0 Å². The minimum absolute atomic E-state index is 0.288. The van der Waals surface area contributed by atoms with Crippen molar-refractivity contribution in [3.8, 4) is 0 Å². The van der Waals surface area contributed by atoms with Gasteiger partial charge in [-0.3, -0.25) is 0 Å². The Hall–Kier alpha value is -0.720. The molecular weight excluding hydrogens is 134 g/mol. The van der Waals surface area contributed by atoms with Crippen LogP contribution in [0.25, 0.3) is 0 Å². The van der Waals surface area contributed by atoms with E-state index in [9.17, 15) is 0 Å². The van der Waals surface area contributed by atoms with Crippen molar-refractivity contribution >= 4 is 0 Å². The molecule has 0 radical (unpaired) electrons. The van der Waals surface area contributed by atoms with Gasteiger partial charge < -0.3 is 5.32 Å². The molecule has 0 aromatic heterocycles. The molecule has 0 aliphatic carbocycles. The summed E-state index contributed by atoms with van der Waals surface area (Å²) in [5.74, 6) is 0. The monoisotopic (exact) mass is 153 g/mol. The number of hydrogen-bond acceptors (Lipinski definition) is 1. The summed E-state index contributed by atoms with van der Waals surface area (Å²) < 4.78 is 0. The van der Waals surface area contributed by atoms with Crippen LogP contribution < -0.4 is 5.32 Å². The zero-order chi connectivity index (χ0) is 8.91. The van der Waals surface area contributed by atoms with Crippen LogP contribution in [0.15, 0.2) is 24.4 Å². The molecule has 0 bridgehead atoms. The van der Waals surface area contributed by atoms with Gasteiger partial charge in [0.2, 0.25) is 0 Å². The smallest absolute Gasteiger partial charge is 0.0327 e. The maximum absolute atomic E-state index is 3.74. The average Bonchev–Trinajstić information content (AvgIpc) is 1.78. The van der Waals surface area contributed by atoms with Crippen molar-refractivity contribution in [2.45, 2.75) is 27.7 Å². The molecule has 0 rings (SSSR count). The minimum Gasteiger partial charge on any atom is -0.386 e. The van der Waals surface area contributed by atoms with Gasteiger partial charge in [-0.25, -0.2) is 0 Å². The molecule has 1 nitrogen and oxygen atoms in total. The Morgan fingerprint density at radius 2 is 2.00 bits per heavy atom. The molecule has 0 heterocycles. The van der Waals surface area contributed by atoms with Gasteiger partial charge in [-0.1, -0.05) is 39.5 Å². The first kappa shape index (κ1) is 10.3. The third-order valence-corrected chi connectivity index (χ3v) is 1.14. The topological polar surface area (TPSA) is 12.0 Å². The predicted molar refractivity (Wildman–Crippen MR) is 51.4 cm³/mol. The third kappa shape index (κ3) is 9.28. The van der Waals surface area contributed by atoms with Crippen molar-refractivity contribution < 1.29 is 0 Å². The quantitative estimate of drug-likeness (QED) is 0.615. The summed E-state index contributed by atoms with van der Waals surface area (Å²) in [4.78, 5) is 0. The Labute approximate surface area is 70.2 Å². The van der Waals surface area contributed by atoms with E-state index in [4.69, 9.17) is 0 Å². The summed E-state index contributed by atoms with van der Waals surface area (Å²) in [6.07, 6.45) is 4.33. The SMILES string of the molecule is C=C(C)NC/C=C/C(C)(C)C. The van der Waals surface area contributed by atoms with Crippen LogP contribution in [0, 0.1) is 5.41 Å². The average molecular weight is 153 g/mol. The first-order valence-electron chi connectivity index (χ1n) is 3.99. The van der Waals surface area contributed by atoms with Gasteiger partial charge in [-0.2, -0.15) is 0 Å². The van der Waals surface area contributed by atoms with Crippen LogP contribution in [0.3, 0.4) is 0 Å². The molecule has 0 aromatic rings. The summed E-state index contributed by atoms with van der Waals surface area (Å²) in [5, 5.41) is 3.14. The van der Waals surface area contributed by atoms with E-state index >= 15 is 0 Å². The van der Waals surface area contributed by atoms with Gasteiger partial charge in [0.05, 0.1) is 0 Å². The van der Waals surface area contributed by atoms with Gasteiger partial charge in [0.25, 0.3) is 0 Å². The molecule has 1 N–H and O–H groups in total. The lowest BCUT2D eigenvalue weighted by atomic mass is 9.96. The lowest BCUT2D eigenvalue weighted by molar-refractivity contribution is 0.542. The fourth-order valence-electron chi connectivity index (χ4n) is 0.646. The Bertz CT molecular complexity index is 149. The van der Waals surface area contributed by atoms with Gasteiger partial charge in [0.15, 0.2) is 0 Å². The molecule has 64 valence electrons. The third-order valence-electron chi connectivity index (χ3n) is 1.14. The Morgan fingerprint density at radius 3 is 2.36 bits per heavy atom. The normalized spacial score (nSPS) is 12.0. The van der Waals surface area contributed by atoms with Crippen molar-refractivity contribution in [3.05, 3.63) is 24.4 Å². The second-order valence-corrected chi connectivity index (χ2v) is 3.93. The van der Waals surface area contributed by atoms with Crippen LogP contribution in [0.2, 0.25) is 0 Å². The van der Waals surface area contributed by atoms with Gasteiger partial charge in [-0.05, 0) is 12.3 Å². The Kier molecular flexibility index (Phi) is 3.94. The van der Waals surface area contributed by atoms with Crippen molar-refractivity contribution in [3.63, 3.8) is 0 Å². The molecule has 1 heteroatoms. The Balaban J connectivity index is 3.54. The lowest BCUT2D eigenvalue weighted by Gasteiger charge is -2.11. The van der Waals surface area contributed by atoms with E-state index < -0.39 is 0 Å². The van der Waals surface area contributed by atoms with Gasteiger partial charge in [0, 0.05) is 12.2 Å². The molecule has 0 aliphatic rings. The molecular formula is C10H19N. The molecule has 0 aromatic carbocycles. The fourth-order valence-corrected chi connectivity index (χ4v) is 0.646. The highest BCUT2D eigenvalue weighted by atomic mass is 14.8. The number of rotatable bonds is 3. The van der Waals surface area contributed by atoms with Crippen LogP contribution >= 0.6 is 0 Å². The number of hydrogen-bond donors (Lipinski definition) is 1. The molecule has 0 spiro atoms. The van der Waals surface area contributed by atoms with Crippen LogP contribution in [-0.4, -0.2) is 6.54 Å². The van der Waals surface area contributed by atoms with Crippen LogP contribution in [-0.2, 0) is 0 Å². The maximum atomic E-state index is 3.74. The lowest BCUT2D eigenvalue weighted by Crippen LogP contribution is -2.10. The van der Waals surface area contributed by atoms with Gasteiger partial charge >= 0.3 is 0 Å². The number of allylic oxidation sites excluding steroid dienone is 2. The molecule has 0 amide bonds. The van der Waals surface area contributed by atoms with Crippen LogP contribution in [0.1, 0.15) is 27.7 Å². The minimum atomic E-state index is 0.288. The Morgan fingerprint density at radius 1 is 1.45 bits per heavy atom. The second-order valence-electron chi connectivity index (χ2n) is 3.93. The van der Waals surface area contributed by atoms with E-state index in [1.807, 2.05) is 6.92 Å². The van der Waals surface area contributed by atoms with Crippen LogP contribution in [0.4, 0.5) is 0 Å². The van der Waals surface area contributed by atoms with Crippen molar-refractivity contribution in [1.82, 2.24) is 5.32 Å². The molecule has 0 atom stereocenters. The van der Waals surface area contributed by atoms with E-state index in [0.717, 1.165) is 12.2 Å². The van der Waals surface area contributed by atoms with Crippen molar-refractivity contribution in [2.75, 3.05) is 6.54 Å². The molecule has 0 saturated carbocycles. The highest BCUT2D eigenvalue weighted by Gasteiger charge is 2.02. The summed E-state index contributed by atoms with van der Waals surface area (Å²) in [6, 6.07) is 0. The van der Waals surface area contributed by atoms with Crippen molar-refractivity contribution in [1.29, 1.82) is 0 Å². The highest BCUT2D eigenvalue weighted by molar-refractivity contribution is 4.96. The van der Waals surface area contributed by atoms with E-state index in [-0.39, 0.29) is 5.41 Å². The summed E-state index contributed by atoms with van der Waals surface area (Å²) in [6.45, 7) is 13.1. The van der Waals surface area contributed by atoms with E-state index in [1.54, 1.807) is 0 Å². The largest absolute Gasteiger partial charge is 0.386 e. The first-order chi connectivity index (χ1) is 4.92. The van der Waals surface area contributed by atoms with Crippen LogP contribution in [0.5, 0.6) is 0 Å². The predicted octanol–water partition coefficient (Wildman–Crippen LogP) is 2.71. The fraction of sp³-hybridized carbons (Fsp3) is 0.600. The standard InChI is InChI=1S/C10H19N/c1-9(2)11-8-6-7-10(3,4)5/h6-7,11H,1,8H2,2-5H3/b7-6+. The zero-order valence-corrected chi connectivity index (χ0v) is 8.07. The molecule has 0 fully saturated rings. The van der Waals surface area contributed by atoms with Gasteiger partial charge in [-0.15, -0.1) is 0 Å². The molecule has 11 heavy (non-hydrogen) atoms. The zero-order valence-electron chi connectivity index (χ0n) is 8.07. The summed E-state index contributed by atoms with van der Waals surface area (Å²) in [5.41, 5.74) is 1.31. The molecule has 0 saturated heterocycles. The van der Waals surface area contributed by atoms with E-state index in [0.29, 0.717) is 0 Å². The van der Waals surface area contributed by atoms with Crippen molar-refractivity contribution in [2.24, 2.45) is 5.41 Å². The summed E-state index contributed by atoms with van der Waals surface area (Å²) in [7, 11) is 0. The summed E-state index contributed by atoms with van der Waals surface area (Å²) >= 11 is 0. The number of nitrogens with one attached hydrogen (secondary N) is 1. The molecule has 0 unspecified atom stereocenters.